The third kappa shape index (κ3) is 3.10. The van der Waals surface area contributed by atoms with Gasteiger partial charge < -0.3 is 5.32 Å². The molecular formula is C12H14N2O. The van der Waals surface area contributed by atoms with Crippen molar-refractivity contribution in [2.45, 2.75) is 19.8 Å². The van der Waals surface area contributed by atoms with E-state index in [1.807, 2.05) is 31.2 Å². The number of hydrogen-bond donors (Lipinski definition) is 1. The minimum absolute atomic E-state index is 0.0947. The number of amides is 1. The quantitative estimate of drug-likeness (QED) is 0.758. The van der Waals surface area contributed by atoms with Crippen molar-refractivity contribution in [1.82, 2.24) is 5.32 Å². The lowest BCUT2D eigenvalue weighted by molar-refractivity contribution is 0.0953. The maximum atomic E-state index is 11.7. The highest BCUT2D eigenvalue weighted by atomic mass is 16.1. The Labute approximate surface area is 89.7 Å². The Hall–Kier alpha value is -1.82. The summed E-state index contributed by atoms with van der Waals surface area (Å²) in [7, 11) is 0. The van der Waals surface area contributed by atoms with Crippen molar-refractivity contribution in [3.05, 3.63) is 35.4 Å². The van der Waals surface area contributed by atoms with Gasteiger partial charge in [-0.05, 0) is 18.1 Å². The molecule has 0 aliphatic carbocycles. The average molecular weight is 202 g/mol. The van der Waals surface area contributed by atoms with E-state index in [1.165, 1.54) is 0 Å². The summed E-state index contributed by atoms with van der Waals surface area (Å²) in [4.78, 5) is 11.7. The lowest BCUT2D eigenvalue weighted by atomic mass is 10.0. The molecule has 1 amide bonds. The predicted molar refractivity (Wildman–Crippen MR) is 58.4 cm³/mol. The molecule has 0 atom stereocenters. The van der Waals surface area contributed by atoms with Crippen LogP contribution in [0.15, 0.2) is 24.3 Å². The van der Waals surface area contributed by atoms with Gasteiger partial charge in [-0.3, -0.25) is 4.79 Å². The first-order chi connectivity index (χ1) is 7.29. The van der Waals surface area contributed by atoms with Crippen molar-refractivity contribution >= 4 is 5.91 Å². The Morgan fingerprint density at radius 2 is 2.20 bits per heavy atom. The lowest BCUT2D eigenvalue weighted by Gasteiger charge is -2.07. The second kappa shape index (κ2) is 5.82. The molecule has 0 saturated heterocycles. The van der Waals surface area contributed by atoms with E-state index in [0.717, 1.165) is 12.0 Å². The highest BCUT2D eigenvalue weighted by Gasteiger charge is 2.07. The van der Waals surface area contributed by atoms with Crippen LogP contribution in [0, 0.1) is 11.3 Å². The zero-order valence-corrected chi connectivity index (χ0v) is 8.79. The molecule has 0 radical (unpaired) electrons. The Kier molecular flexibility index (Phi) is 4.36. The number of hydrogen-bond acceptors (Lipinski definition) is 2. The van der Waals surface area contributed by atoms with Crippen molar-refractivity contribution < 1.29 is 4.79 Å². The Balaban J connectivity index is 2.69. The van der Waals surface area contributed by atoms with E-state index in [2.05, 4.69) is 5.32 Å². The molecule has 0 fully saturated rings. The van der Waals surface area contributed by atoms with Gasteiger partial charge in [-0.15, -0.1) is 0 Å². The lowest BCUT2D eigenvalue weighted by Crippen LogP contribution is -2.25. The predicted octanol–water partition coefficient (Wildman–Crippen LogP) is 1.89. The molecule has 0 aliphatic rings. The highest BCUT2D eigenvalue weighted by molar-refractivity contribution is 5.95. The summed E-state index contributed by atoms with van der Waals surface area (Å²) in [5.41, 5.74) is 1.74. The number of rotatable bonds is 4. The fraction of sp³-hybridized carbons (Fsp3) is 0.333. The zero-order valence-electron chi connectivity index (χ0n) is 8.79. The Bertz CT molecular complexity index is 379. The van der Waals surface area contributed by atoms with Crippen LogP contribution in [0.25, 0.3) is 0 Å². The summed E-state index contributed by atoms with van der Waals surface area (Å²) in [6.45, 7) is 2.43. The van der Waals surface area contributed by atoms with Crippen LogP contribution in [-0.2, 0) is 6.42 Å². The third-order valence-corrected chi connectivity index (χ3v) is 2.17. The summed E-state index contributed by atoms with van der Waals surface area (Å²) < 4.78 is 0. The molecule has 0 unspecified atom stereocenters. The number of nitrogens with zero attached hydrogens (tertiary/aromatic N) is 1. The number of nitrogens with one attached hydrogen (secondary N) is 1. The van der Waals surface area contributed by atoms with Gasteiger partial charge in [0.15, 0.2) is 0 Å². The molecule has 1 N–H and O–H groups in total. The standard InChI is InChI=1S/C12H14N2O/c1-2-10-6-3-4-7-11(10)12(15)14-9-5-8-13/h3-4,6-7H,2,5,9H2,1H3,(H,14,15). The van der Waals surface area contributed by atoms with Crippen molar-refractivity contribution in [3.8, 4) is 6.07 Å². The summed E-state index contributed by atoms with van der Waals surface area (Å²) in [5, 5.41) is 11.1. The normalized spacial score (nSPS) is 9.33. The first-order valence-electron chi connectivity index (χ1n) is 5.02. The van der Waals surface area contributed by atoms with Crippen LogP contribution < -0.4 is 5.32 Å². The molecule has 15 heavy (non-hydrogen) atoms. The molecule has 3 nitrogen and oxygen atoms in total. The van der Waals surface area contributed by atoms with Crippen LogP contribution in [-0.4, -0.2) is 12.5 Å². The molecule has 0 saturated carbocycles. The number of carbonyl (C=O) groups is 1. The Morgan fingerprint density at radius 3 is 2.87 bits per heavy atom. The zero-order chi connectivity index (χ0) is 11.1. The SMILES string of the molecule is CCc1ccccc1C(=O)NCCC#N. The van der Waals surface area contributed by atoms with Gasteiger partial charge in [0.2, 0.25) is 0 Å². The maximum Gasteiger partial charge on any atom is 0.251 e. The second-order valence-corrected chi connectivity index (χ2v) is 3.17. The smallest absolute Gasteiger partial charge is 0.251 e. The second-order valence-electron chi connectivity index (χ2n) is 3.17. The van der Waals surface area contributed by atoms with E-state index in [9.17, 15) is 4.79 Å². The van der Waals surface area contributed by atoms with E-state index in [0.29, 0.717) is 18.5 Å². The molecular weight excluding hydrogens is 188 g/mol. The van der Waals surface area contributed by atoms with Crippen molar-refractivity contribution in [2.24, 2.45) is 0 Å². The fourth-order valence-corrected chi connectivity index (χ4v) is 1.38. The molecule has 1 aromatic carbocycles. The van der Waals surface area contributed by atoms with E-state index < -0.39 is 0 Å². The largest absolute Gasteiger partial charge is 0.351 e. The summed E-state index contributed by atoms with van der Waals surface area (Å²) in [6.07, 6.45) is 1.18. The molecule has 0 heterocycles. The van der Waals surface area contributed by atoms with Crippen LogP contribution in [0.1, 0.15) is 29.3 Å². The molecule has 0 bridgehead atoms. The molecule has 0 aliphatic heterocycles. The van der Waals surface area contributed by atoms with Gasteiger partial charge >= 0.3 is 0 Å². The third-order valence-electron chi connectivity index (χ3n) is 2.17. The van der Waals surface area contributed by atoms with Gasteiger partial charge in [0.25, 0.3) is 5.91 Å². The molecule has 0 spiro atoms. The minimum atomic E-state index is -0.0947. The fourth-order valence-electron chi connectivity index (χ4n) is 1.38. The molecule has 0 aromatic heterocycles. The van der Waals surface area contributed by atoms with Crippen molar-refractivity contribution in [3.63, 3.8) is 0 Å². The van der Waals surface area contributed by atoms with Gasteiger partial charge in [0.1, 0.15) is 0 Å². The van der Waals surface area contributed by atoms with Crippen LogP contribution in [0.3, 0.4) is 0 Å². The number of benzene rings is 1. The highest BCUT2D eigenvalue weighted by Crippen LogP contribution is 2.08. The van der Waals surface area contributed by atoms with Crippen molar-refractivity contribution in [2.75, 3.05) is 6.54 Å². The van der Waals surface area contributed by atoms with E-state index in [-0.39, 0.29) is 5.91 Å². The molecule has 78 valence electrons. The Morgan fingerprint density at radius 1 is 1.47 bits per heavy atom. The first kappa shape index (κ1) is 11.3. The van der Waals surface area contributed by atoms with E-state index >= 15 is 0 Å². The average Bonchev–Trinajstić information content (AvgIpc) is 2.29. The van der Waals surface area contributed by atoms with E-state index in [1.54, 1.807) is 6.07 Å². The van der Waals surface area contributed by atoms with Crippen LogP contribution in [0.4, 0.5) is 0 Å². The number of carbonyl (C=O) groups excluding carboxylic acids is 1. The van der Waals surface area contributed by atoms with Crippen molar-refractivity contribution in [1.29, 1.82) is 5.26 Å². The van der Waals surface area contributed by atoms with Crippen LogP contribution in [0.2, 0.25) is 0 Å². The monoisotopic (exact) mass is 202 g/mol. The summed E-state index contributed by atoms with van der Waals surface area (Å²) in [5.74, 6) is -0.0947. The minimum Gasteiger partial charge on any atom is -0.351 e. The summed E-state index contributed by atoms with van der Waals surface area (Å²) in [6, 6.07) is 9.51. The first-order valence-corrected chi connectivity index (χ1v) is 5.02. The molecule has 1 aromatic rings. The maximum absolute atomic E-state index is 11.7. The van der Waals surface area contributed by atoms with Crippen LogP contribution >= 0.6 is 0 Å². The van der Waals surface area contributed by atoms with Gasteiger partial charge in [0.05, 0.1) is 12.5 Å². The summed E-state index contributed by atoms with van der Waals surface area (Å²) >= 11 is 0. The number of nitriles is 1. The van der Waals surface area contributed by atoms with E-state index in [4.69, 9.17) is 5.26 Å². The van der Waals surface area contributed by atoms with Gasteiger partial charge in [-0.1, -0.05) is 25.1 Å². The van der Waals surface area contributed by atoms with Gasteiger partial charge in [-0.2, -0.15) is 5.26 Å². The van der Waals surface area contributed by atoms with Gasteiger partial charge in [-0.25, -0.2) is 0 Å². The molecule has 1 rings (SSSR count). The molecule has 3 heteroatoms. The topological polar surface area (TPSA) is 52.9 Å². The van der Waals surface area contributed by atoms with Crippen LogP contribution in [0.5, 0.6) is 0 Å². The van der Waals surface area contributed by atoms with Gasteiger partial charge in [0, 0.05) is 12.1 Å². The number of aryl methyl sites for hydroxylation is 1.